The minimum Gasteiger partial charge on any atom is -0.504 e. The van der Waals surface area contributed by atoms with E-state index in [2.05, 4.69) is 0 Å². The number of hydrogen-bond acceptors (Lipinski definition) is 4. The second kappa shape index (κ2) is 4.47. The highest BCUT2D eigenvalue weighted by Gasteiger charge is 2.14. The Bertz CT molecular complexity index is 432. The number of rotatable bonds is 3. The number of ketones is 1. The first-order valence-corrected chi connectivity index (χ1v) is 4.51. The molecule has 1 N–H and O–H groups in total. The van der Waals surface area contributed by atoms with Gasteiger partial charge in [0.15, 0.2) is 17.3 Å². The monoisotopic (exact) mass is 205 g/mol. The minimum atomic E-state index is -0.245. The lowest BCUT2D eigenvalue weighted by Gasteiger charge is -2.10. The molecule has 0 saturated heterocycles. The van der Waals surface area contributed by atoms with E-state index in [-0.39, 0.29) is 28.4 Å². The molecule has 0 fully saturated rings. The molecule has 1 aromatic carbocycles. The lowest BCUT2D eigenvalue weighted by atomic mass is 10.1. The summed E-state index contributed by atoms with van der Waals surface area (Å²) >= 11 is 0. The number of phenolic OH excluding ortho intramolecular Hbond substituents is 1. The first-order chi connectivity index (χ1) is 7.10. The maximum absolute atomic E-state index is 11.3. The zero-order valence-corrected chi connectivity index (χ0v) is 8.57. The van der Waals surface area contributed by atoms with Crippen LogP contribution in [0.3, 0.4) is 0 Å². The molecule has 0 aliphatic carbocycles. The standard InChI is InChI=1S/C11H11NO3/c1-3-15-11-9(7(2)13)4-8(6-12)5-10(11)14/h4-5,14H,3H2,1-2H3. The molecule has 0 spiro atoms. The van der Waals surface area contributed by atoms with E-state index in [1.54, 1.807) is 6.92 Å². The van der Waals surface area contributed by atoms with Crippen LogP contribution in [0.5, 0.6) is 11.5 Å². The van der Waals surface area contributed by atoms with Crippen molar-refractivity contribution in [2.75, 3.05) is 6.61 Å². The van der Waals surface area contributed by atoms with E-state index in [1.165, 1.54) is 19.1 Å². The van der Waals surface area contributed by atoms with Gasteiger partial charge >= 0.3 is 0 Å². The summed E-state index contributed by atoms with van der Waals surface area (Å²) in [7, 11) is 0. The maximum Gasteiger partial charge on any atom is 0.171 e. The molecule has 15 heavy (non-hydrogen) atoms. The summed E-state index contributed by atoms with van der Waals surface area (Å²) < 4.78 is 5.15. The number of hydrogen-bond donors (Lipinski definition) is 1. The molecule has 0 amide bonds. The Kier molecular flexibility index (Phi) is 3.29. The Morgan fingerprint density at radius 3 is 2.73 bits per heavy atom. The molecule has 0 bridgehead atoms. The van der Waals surface area contributed by atoms with Crippen molar-refractivity contribution in [1.29, 1.82) is 5.26 Å². The van der Waals surface area contributed by atoms with Gasteiger partial charge in [-0.25, -0.2) is 0 Å². The number of aromatic hydroxyl groups is 1. The van der Waals surface area contributed by atoms with Gasteiger partial charge in [-0.05, 0) is 19.9 Å². The van der Waals surface area contributed by atoms with E-state index < -0.39 is 0 Å². The summed E-state index contributed by atoms with van der Waals surface area (Å²) in [4.78, 5) is 11.3. The third-order valence-corrected chi connectivity index (χ3v) is 1.87. The van der Waals surface area contributed by atoms with Crippen LogP contribution in [0.1, 0.15) is 29.8 Å². The van der Waals surface area contributed by atoms with Crippen LogP contribution in [-0.4, -0.2) is 17.5 Å². The van der Waals surface area contributed by atoms with Crippen LogP contribution in [0.4, 0.5) is 0 Å². The molecule has 4 heteroatoms. The molecule has 1 aromatic rings. The summed E-state index contributed by atoms with van der Waals surface area (Å²) in [6.45, 7) is 3.46. The Labute approximate surface area is 87.7 Å². The fourth-order valence-electron chi connectivity index (χ4n) is 1.24. The molecule has 1 rings (SSSR count). The molecule has 0 saturated carbocycles. The van der Waals surface area contributed by atoms with Crippen molar-refractivity contribution in [3.8, 4) is 17.6 Å². The molecular formula is C11H11NO3. The van der Waals surface area contributed by atoms with E-state index in [4.69, 9.17) is 10.00 Å². The van der Waals surface area contributed by atoms with Crippen molar-refractivity contribution < 1.29 is 14.6 Å². The summed E-state index contributed by atoms with van der Waals surface area (Å²) in [6, 6.07) is 4.55. The summed E-state index contributed by atoms with van der Waals surface area (Å²) in [6.07, 6.45) is 0. The van der Waals surface area contributed by atoms with Crippen LogP contribution in [0.25, 0.3) is 0 Å². The SMILES string of the molecule is CCOc1c(O)cc(C#N)cc1C(C)=O. The van der Waals surface area contributed by atoms with Gasteiger partial charge in [0, 0.05) is 6.07 Å². The van der Waals surface area contributed by atoms with E-state index in [1.807, 2.05) is 6.07 Å². The smallest absolute Gasteiger partial charge is 0.171 e. The highest BCUT2D eigenvalue weighted by Crippen LogP contribution is 2.32. The summed E-state index contributed by atoms with van der Waals surface area (Å²) in [5.41, 5.74) is 0.467. The third kappa shape index (κ3) is 2.26. The van der Waals surface area contributed by atoms with Gasteiger partial charge in [-0.3, -0.25) is 4.79 Å². The molecule has 0 heterocycles. The Hall–Kier alpha value is -2.02. The molecule has 0 unspecified atom stereocenters. The summed E-state index contributed by atoms with van der Waals surface area (Å²) in [5, 5.41) is 18.2. The fourth-order valence-corrected chi connectivity index (χ4v) is 1.24. The fraction of sp³-hybridized carbons (Fsp3) is 0.273. The van der Waals surface area contributed by atoms with Crippen molar-refractivity contribution >= 4 is 5.78 Å². The Balaban J connectivity index is 3.37. The zero-order chi connectivity index (χ0) is 11.4. The van der Waals surface area contributed by atoms with Gasteiger partial charge in [0.25, 0.3) is 0 Å². The normalized spacial score (nSPS) is 9.40. The molecule has 0 radical (unpaired) electrons. The van der Waals surface area contributed by atoms with Gasteiger partial charge in [0.1, 0.15) is 0 Å². The predicted octanol–water partition coefficient (Wildman–Crippen LogP) is 1.87. The highest BCUT2D eigenvalue weighted by molar-refractivity contribution is 5.98. The van der Waals surface area contributed by atoms with Crippen molar-refractivity contribution in [2.24, 2.45) is 0 Å². The summed E-state index contributed by atoms with van der Waals surface area (Å²) in [5.74, 6) is -0.282. The van der Waals surface area contributed by atoms with Gasteiger partial charge < -0.3 is 9.84 Å². The second-order valence-electron chi connectivity index (χ2n) is 2.97. The first kappa shape index (κ1) is 11.1. The quantitative estimate of drug-likeness (QED) is 0.764. The molecule has 0 aromatic heterocycles. The topological polar surface area (TPSA) is 70.3 Å². The lowest BCUT2D eigenvalue weighted by molar-refractivity contribution is 0.101. The molecule has 0 aliphatic rings. The number of phenols is 1. The minimum absolute atomic E-state index is 0.143. The van der Waals surface area contributed by atoms with Gasteiger partial charge in [0.2, 0.25) is 0 Å². The van der Waals surface area contributed by atoms with Crippen LogP contribution < -0.4 is 4.74 Å². The second-order valence-corrected chi connectivity index (χ2v) is 2.97. The van der Waals surface area contributed by atoms with Gasteiger partial charge in [-0.15, -0.1) is 0 Å². The number of benzene rings is 1. The number of nitriles is 1. The number of ether oxygens (including phenoxy) is 1. The average Bonchev–Trinajstić information content (AvgIpc) is 2.20. The Morgan fingerprint density at radius 1 is 1.60 bits per heavy atom. The molecule has 0 aliphatic heterocycles. The number of nitrogens with zero attached hydrogens (tertiary/aromatic N) is 1. The van der Waals surface area contributed by atoms with E-state index >= 15 is 0 Å². The van der Waals surface area contributed by atoms with Crippen molar-refractivity contribution in [3.63, 3.8) is 0 Å². The van der Waals surface area contributed by atoms with Gasteiger partial charge in [-0.2, -0.15) is 5.26 Å². The van der Waals surface area contributed by atoms with Crippen molar-refractivity contribution in [3.05, 3.63) is 23.3 Å². The van der Waals surface area contributed by atoms with E-state index in [9.17, 15) is 9.90 Å². The first-order valence-electron chi connectivity index (χ1n) is 4.51. The number of Topliss-reactive ketones (excluding diaryl/α,β-unsaturated/α-hetero) is 1. The van der Waals surface area contributed by atoms with Crippen molar-refractivity contribution in [1.82, 2.24) is 0 Å². The van der Waals surface area contributed by atoms with Crippen LogP contribution >= 0.6 is 0 Å². The van der Waals surface area contributed by atoms with Gasteiger partial charge in [0.05, 0.1) is 23.8 Å². The zero-order valence-electron chi connectivity index (χ0n) is 8.57. The van der Waals surface area contributed by atoms with E-state index in [0.717, 1.165) is 0 Å². The molecule has 0 atom stereocenters. The van der Waals surface area contributed by atoms with Crippen LogP contribution in [-0.2, 0) is 0 Å². The lowest BCUT2D eigenvalue weighted by Crippen LogP contribution is -2.01. The highest BCUT2D eigenvalue weighted by atomic mass is 16.5. The number of carbonyl (C=O) groups is 1. The van der Waals surface area contributed by atoms with E-state index in [0.29, 0.717) is 6.61 Å². The molecular weight excluding hydrogens is 194 g/mol. The van der Waals surface area contributed by atoms with Crippen LogP contribution in [0.2, 0.25) is 0 Å². The predicted molar refractivity (Wildman–Crippen MR) is 54.0 cm³/mol. The van der Waals surface area contributed by atoms with Crippen LogP contribution in [0.15, 0.2) is 12.1 Å². The largest absolute Gasteiger partial charge is 0.504 e. The Morgan fingerprint density at radius 2 is 2.27 bits per heavy atom. The third-order valence-electron chi connectivity index (χ3n) is 1.87. The average molecular weight is 205 g/mol. The van der Waals surface area contributed by atoms with Crippen LogP contribution in [0, 0.1) is 11.3 Å². The number of carbonyl (C=O) groups excluding carboxylic acids is 1. The molecule has 78 valence electrons. The van der Waals surface area contributed by atoms with Crippen molar-refractivity contribution in [2.45, 2.75) is 13.8 Å². The molecule has 4 nitrogen and oxygen atoms in total. The van der Waals surface area contributed by atoms with Gasteiger partial charge in [-0.1, -0.05) is 0 Å². The maximum atomic E-state index is 11.3.